The van der Waals surface area contributed by atoms with Crippen LogP contribution in [-0.2, 0) is 6.42 Å². The van der Waals surface area contributed by atoms with Gasteiger partial charge in [0.05, 0.1) is 0 Å². The molecule has 0 bridgehead atoms. The van der Waals surface area contributed by atoms with Gasteiger partial charge in [0, 0.05) is 29.0 Å². The van der Waals surface area contributed by atoms with Crippen molar-refractivity contribution >= 4 is 27.5 Å². The van der Waals surface area contributed by atoms with Crippen molar-refractivity contribution in [1.29, 1.82) is 0 Å². The molecule has 2 N–H and O–H groups in total. The van der Waals surface area contributed by atoms with E-state index in [4.69, 9.17) is 5.11 Å². The molecule has 0 radical (unpaired) electrons. The second-order valence-electron chi connectivity index (χ2n) is 5.31. The molecule has 4 nitrogen and oxygen atoms in total. The van der Waals surface area contributed by atoms with Gasteiger partial charge in [-0.05, 0) is 59.0 Å². The van der Waals surface area contributed by atoms with Gasteiger partial charge in [0.2, 0.25) is 0 Å². The van der Waals surface area contributed by atoms with Crippen LogP contribution in [0.1, 0.15) is 34.9 Å². The average molecular weight is 349 g/mol. The van der Waals surface area contributed by atoms with Crippen LogP contribution in [0, 0.1) is 0 Å². The molecule has 1 aliphatic carbocycles. The standard InChI is InChI=1S/C16H17BrN2O2/c17-12-9-15(19(10-12)14-5-6-14)16(21)18-13-3-1-11(2-4-13)7-8-20/h1-4,9-10,14,20H,5-8H2,(H,18,21). The fraction of sp³-hybridized carbons (Fsp3) is 0.312. The lowest BCUT2D eigenvalue weighted by molar-refractivity contribution is 0.101. The minimum atomic E-state index is -0.0949. The number of halogens is 1. The summed E-state index contributed by atoms with van der Waals surface area (Å²) in [6.07, 6.45) is 4.87. The maximum atomic E-state index is 12.4. The predicted octanol–water partition coefficient (Wildman–Crippen LogP) is 3.37. The summed E-state index contributed by atoms with van der Waals surface area (Å²) in [6, 6.07) is 9.88. The number of rotatable bonds is 5. The van der Waals surface area contributed by atoms with Crippen molar-refractivity contribution in [3.8, 4) is 0 Å². The van der Waals surface area contributed by atoms with Gasteiger partial charge in [-0.1, -0.05) is 12.1 Å². The summed E-state index contributed by atoms with van der Waals surface area (Å²) in [4.78, 5) is 12.4. The van der Waals surface area contributed by atoms with Gasteiger partial charge in [0.15, 0.2) is 0 Å². The molecule has 0 aliphatic heterocycles. The first kappa shape index (κ1) is 14.4. The summed E-state index contributed by atoms with van der Waals surface area (Å²) in [5.41, 5.74) is 2.50. The van der Waals surface area contributed by atoms with Crippen molar-refractivity contribution in [1.82, 2.24) is 4.57 Å². The molecule has 0 unspecified atom stereocenters. The molecular formula is C16H17BrN2O2. The third-order valence-corrected chi connectivity index (χ3v) is 4.03. The molecule has 3 rings (SSSR count). The van der Waals surface area contributed by atoms with Crippen LogP contribution in [0.25, 0.3) is 0 Å². The van der Waals surface area contributed by atoms with Crippen molar-refractivity contribution < 1.29 is 9.90 Å². The summed E-state index contributed by atoms with van der Waals surface area (Å²) in [7, 11) is 0. The second-order valence-corrected chi connectivity index (χ2v) is 6.22. The number of hydrogen-bond donors (Lipinski definition) is 2. The highest BCUT2D eigenvalue weighted by Crippen LogP contribution is 2.37. The molecule has 1 heterocycles. The van der Waals surface area contributed by atoms with Gasteiger partial charge in [0.25, 0.3) is 5.91 Å². The summed E-state index contributed by atoms with van der Waals surface area (Å²) < 4.78 is 2.97. The molecule has 1 saturated carbocycles. The molecule has 21 heavy (non-hydrogen) atoms. The molecular weight excluding hydrogens is 332 g/mol. The molecule has 1 aromatic carbocycles. The molecule has 1 aliphatic rings. The van der Waals surface area contributed by atoms with Gasteiger partial charge in [-0.2, -0.15) is 0 Å². The first-order valence-electron chi connectivity index (χ1n) is 7.06. The SMILES string of the molecule is O=C(Nc1ccc(CCO)cc1)c1cc(Br)cn1C1CC1. The van der Waals surface area contributed by atoms with E-state index in [1.165, 1.54) is 0 Å². The molecule has 0 atom stereocenters. The summed E-state index contributed by atoms with van der Waals surface area (Å²) in [5.74, 6) is -0.0949. The lowest BCUT2D eigenvalue weighted by Crippen LogP contribution is -2.16. The third kappa shape index (κ3) is 3.36. The number of benzene rings is 1. The van der Waals surface area contributed by atoms with E-state index >= 15 is 0 Å². The number of nitrogens with zero attached hydrogens (tertiary/aromatic N) is 1. The Labute approximate surface area is 131 Å². The van der Waals surface area contributed by atoms with E-state index in [2.05, 4.69) is 21.2 Å². The highest BCUT2D eigenvalue weighted by atomic mass is 79.9. The number of nitrogens with one attached hydrogen (secondary N) is 1. The lowest BCUT2D eigenvalue weighted by Gasteiger charge is -2.09. The van der Waals surface area contributed by atoms with Crippen molar-refractivity contribution in [3.05, 3.63) is 52.3 Å². The van der Waals surface area contributed by atoms with Crippen LogP contribution in [0.5, 0.6) is 0 Å². The second kappa shape index (κ2) is 6.03. The van der Waals surface area contributed by atoms with Gasteiger partial charge < -0.3 is 15.0 Å². The Kier molecular flexibility index (Phi) is 4.12. The Balaban J connectivity index is 1.73. The maximum absolute atomic E-state index is 12.4. The van der Waals surface area contributed by atoms with Gasteiger partial charge in [0.1, 0.15) is 5.69 Å². The van der Waals surface area contributed by atoms with Gasteiger partial charge in [-0.15, -0.1) is 0 Å². The Morgan fingerprint density at radius 2 is 2.05 bits per heavy atom. The monoisotopic (exact) mass is 348 g/mol. The number of carbonyl (C=O) groups excluding carboxylic acids is 1. The molecule has 1 aromatic heterocycles. The maximum Gasteiger partial charge on any atom is 0.272 e. The molecule has 5 heteroatoms. The minimum Gasteiger partial charge on any atom is -0.396 e. The van der Waals surface area contributed by atoms with Crippen molar-refractivity contribution in [3.63, 3.8) is 0 Å². The van der Waals surface area contributed by atoms with E-state index in [-0.39, 0.29) is 12.5 Å². The Morgan fingerprint density at radius 1 is 1.33 bits per heavy atom. The quantitative estimate of drug-likeness (QED) is 0.870. The van der Waals surface area contributed by atoms with Gasteiger partial charge >= 0.3 is 0 Å². The van der Waals surface area contributed by atoms with Gasteiger partial charge in [-0.3, -0.25) is 4.79 Å². The lowest BCUT2D eigenvalue weighted by atomic mass is 10.1. The zero-order chi connectivity index (χ0) is 14.8. The molecule has 110 valence electrons. The van der Waals surface area contributed by atoms with Gasteiger partial charge in [-0.25, -0.2) is 0 Å². The van der Waals surface area contributed by atoms with Crippen LogP contribution in [0.4, 0.5) is 5.69 Å². The highest BCUT2D eigenvalue weighted by Gasteiger charge is 2.27. The first-order valence-corrected chi connectivity index (χ1v) is 7.85. The van der Waals surface area contributed by atoms with Crippen LogP contribution in [-0.4, -0.2) is 22.2 Å². The zero-order valence-electron chi connectivity index (χ0n) is 11.6. The Morgan fingerprint density at radius 3 is 2.67 bits per heavy atom. The van der Waals surface area contributed by atoms with Crippen molar-refractivity contribution in [2.75, 3.05) is 11.9 Å². The number of aliphatic hydroxyl groups excluding tert-OH is 1. The number of aromatic nitrogens is 1. The number of carbonyl (C=O) groups is 1. The summed E-state index contributed by atoms with van der Waals surface area (Å²) in [5, 5.41) is 11.8. The van der Waals surface area contributed by atoms with E-state index in [0.29, 0.717) is 18.2 Å². The zero-order valence-corrected chi connectivity index (χ0v) is 13.1. The molecule has 1 fully saturated rings. The molecule has 0 saturated heterocycles. The van der Waals surface area contributed by atoms with Crippen LogP contribution in [0.2, 0.25) is 0 Å². The normalized spacial score (nSPS) is 14.2. The Hall–Kier alpha value is -1.59. The van der Waals surface area contributed by atoms with E-state index in [0.717, 1.165) is 28.6 Å². The third-order valence-electron chi connectivity index (χ3n) is 3.60. The van der Waals surface area contributed by atoms with E-state index < -0.39 is 0 Å². The summed E-state index contributed by atoms with van der Waals surface area (Å²) >= 11 is 3.44. The number of anilines is 1. The topological polar surface area (TPSA) is 54.3 Å². The first-order chi connectivity index (χ1) is 10.2. The molecule has 1 amide bonds. The molecule has 0 spiro atoms. The predicted molar refractivity (Wildman–Crippen MR) is 85.6 cm³/mol. The fourth-order valence-electron chi connectivity index (χ4n) is 2.36. The van der Waals surface area contributed by atoms with E-state index in [9.17, 15) is 4.79 Å². The number of aliphatic hydroxyl groups is 1. The highest BCUT2D eigenvalue weighted by molar-refractivity contribution is 9.10. The molecule has 2 aromatic rings. The van der Waals surface area contributed by atoms with Crippen molar-refractivity contribution in [2.45, 2.75) is 25.3 Å². The van der Waals surface area contributed by atoms with Crippen LogP contribution in [0.15, 0.2) is 41.0 Å². The van der Waals surface area contributed by atoms with Crippen LogP contribution < -0.4 is 5.32 Å². The Bertz CT molecular complexity index is 645. The van der Waals surface area contributed by atoms with E-state index in [1.54, 1.807) is 0 Å². The fourth-order valence-corrected chi connectivity index (χ4v) is 2.80. The van der Waals surface area contributed by atoms with Crippen molar-refractivity contribution in [2.24, 2.45) is 0 Å². The number of amides is 1. The van der Waals surface area contributed by atoms with E-state index in [1.807, 2.05) is 41.1 Å². The largest absolute Gasteiger partial charge is 0.396 e. The van der Waals surface area contributed by atoms with Crippen LogP contribution >= 0.6 is 15.9 Å². The average Bonchev–Trinajstić information content (AvgIpc) is 3.24. The van der Waals surface area contributed by atoms with Crippen LogP contribution in [0.3, 0.4) is 0 Å². The minimum absolute atomic E-state index is 0.0949. The number of hydrogen-bond acceptors (Lipinski definition) is 2. The summed E-state index contributed by atoms with van der Waals surface area (Å²) in [6.45, 7) is 0.134. The smallest absolute Gasteiger partial charge is 0.272 e.